The first kappa shape index (κ1) is 19.0. The van der Waals surface area contributed by atoms with Crippen molar-refractivity contribution >= 4 is 18.3 Å². The molecule has 0 aromatic rings. The van der Waals surface area contributed by atoms with Gasteiger partial charge >= 0.3 is 35.4 Å². The van der Waals surface area contributed by atoms with Gasteiger partial charge in [-0.05, 0) is 0 Å². The van der Waals surface area contributed by atoms with E-state index in [0.717, 1.165) is 0 Å². The Hall–Kier alpha value is 0.393. The van der Waals surface area contributed by atoms with Crippen LogP contribution in [0.4, 0.5) is 0 Å². The summed E-state index contributed by atoms with van der Waals surface area (Å²) in [5.41, 5.74) is 0. The summed E-state index contributed by atoms with van der Waals surface area (Å²) >= 11 is 0. The Labute approximate surface area is 90.8 Å². The zero-order valence-electron chi connectivity index (χ0n) is 7.80. The molecule has 1 radical (unpaired) electrons. The van der Waals surface area contributed by atoms with Crippen LogP contribution in [0.15, 0.2) is 0 Å². The minimum atomic E-state index is -2.69. The number of rotatable bonds is 4. The molecule has 0 aliphatic rings. The van der Waals surface area contributed by atoms with E-state index in [2.05, 4.69) is 0 Å². The van der Waals surface area contributed by atoms with Crippen LogP contribution in [0.5, 0.6) is 0 Å². The van der Waals surface area contributed by atoms with Crippen molar-refractivity contribution in [1.29, 1.82) is 0 Å². The summed E-state index contributed by atoms with van der Waals surface area (Å²) in [6.45, 7) is 0. The van der Waals surface area contributed by atoms with Crippen molar-refractivity contribution in [3.8, 4) is 0 Å². The van der Waals surface area contributed by atoms with E-state index in [4.69, 9.17) is 26.6 Å². The van der Waals surface area contributed by atoms with E-state index in [-0.39, 0.29) is 17.1 Å². The molecule has 0 aromatic carbocycles. The van der Waals surface area contributed by atoms with E-state index in [1.807, 2.05) is 0 Å². The van der Waals surface area contributed by atoms with Gasteiger partial charge in [0.05, 0.1) is 0 Å². The van der Waals surface area contributed by atoms with Gasteiger partial charge in [-0.3, -0.25) is 8.92 Å². The summed E-state index contributed by atoms with van der Waals surface area (Å²) in [5.74, 6) is 0. The van der Waals surface area contributed by atoms with Crippen LogP contribution in [0.25, 0.3) is 0 Å². The van der Waals surface area contributed by atoms with Crippen LogP contribution in [-0.4, -0.2) is 46.8 Å². The Kier molecular flexibility index (Phi) is 18.2. The first-order valence-electron chi connectivity index (χ1n) is 2.86. The Morgan fingerprint density at radius 3 is 1.00 bits per heavy atom. The molecule has 0 N–H and O–H groups in total. The normalized spacial score (nSPS) is 8.92. The quantitative estimate of drug-likeness (QED) is 0.633. The molecule has 0 saturated carbocycles. The van der Waals surface area contributed by atoms with Gasteiger partial charge in [0.1, 0.15) is 0 Å². The van der Waals surface area contributed by atoms with Gasteiger partial charge in [-0.15, -0.1) is 0 Å². The summed E-state index contributed by atoms with van der Waals surface area (Å²) in [7, 11) is 1.85. The molecule has 9 heteroatoms. The fourth-order valence-corrected chi connectivity index (χ4v) is 1.50. The molecule has 13 heavy (non-hydrogen) atoms. The van der Waals surface area contributed by atoms with Crippen molar-refractivity contribution in [2.24, 2.45) is 0 Å². The Balaban J connectivity index is -0.000000220. The van der Waals surface area contributed by atoms with Crippen molar-refractivity contribution < 1.29 is 43.7 Å². The molecule has 0 atom stereocenters. The standard InChI is InChI=1S/C4H12O4Si.Fe.O2Si/c1-5-9(6-2,7-3)8-4;;1-3-2/h1-4H3;;/q;+3;. The van der Waals surface area contributed by atoms with E-state index in [0.29, 0.717) is 0 Å². The summed E-state index contributed by atoms with van der Waals surface area (Å²) in [6.07, 6.45) is 0. The van der Waals surface area contributed by atoms with E-state index in [9.17, 15) is 0 Å². The minimum absolute atomic E-state index is 0. The molecule has 0 fully saturated rings. The van der Waals surface area contributed by atoms with Crippen LogP contribution in [0, 0.1) is 0 Å². The molecule has 0 aromatic heterocycles. The number of hydrogen-bond acceptors (Lipinski definition) is 6. The van der Waals surface area contributed by atoms with Crippen LogP contribution < -0.4 is 0 Å². The maximum absolute atomic E-state index is 8.40. The van der Waals surface area contributed by atoms with Crippen molar-refractivity contribution in [1.82, 2.24) is 0 Å². The van der Waals surface area contributed by atoms with Crippen molar-refractivity contribution in [3.05, 3.63) is 0 Å². The smallest absolute Gasteiger partial charge is 0.355 e. The maximum atomic E-state index is 8.40. The molecular weight excluding hydrogens is 256 g/mol. The zero-order chi connectivity index (χ0) is 10.0. The van der Waals surface area contributed by atoms with Gasteiger partial charge in [-0.1, -0.05) is 0 Å². The van der Waals surface area contributed by atoms with Gasteiger partial charge in [0.15, 0.2) is 0 Å². The molecule has 0 amide bonds. The molecular formula is C4H12FeO6Si2+3. The third-order valence-electron chi connectivity index (χ3n) is 1.00. The SMILES string of the molecule is CO[Si](OC)(OC)OC.O=[Si]=O.[Fe+3]. The molecule has 0 unspecified atom stereocenters. The van der Waals surface area contributed by atoms with E-state index in [1.165, 1.54) is 28.4 Å². The molecule has 77 valence electrons. The topological polar surface area (TPSA) is 71.1 Å². The molecule has 0 aliphatic carbocycles. The van der Waals surface area contributed by atoms with Gasteiger partial charge in [0.25, 0.3) is 0 Å². The zero-order valence-corrected chi connectivity index (χ0v) is 10.9. The molecule has 0 heterocycles. The van der Waals surface area contributed by atoms with Crippen LogP contribution in [0.2, 0.25) is 0 Å². The Bertz CT molecular complexity index is 117. The second kappa shape index (κ2) is 12.4. The third kappa shape index (κ3) is 8.72. The van der Waals surface area contributed by atoms with E-state index in [1.54, 1.807) is 0 Å². The van der Waals surface area contributed by atoms with Crippen molar-refractivity contribution in [3.63, 3.8) is 0 Å². The van der Waals surface area contributed by atoms with Gasteiger partial charge in [-0.25, -0.2) is 0 Å². The minimum Gasteiger partial charge on any atom is -0.355 e. The summed E-state index contributed by atoms with van der Waals surface area (Å²) in [4.78, 5) is 0. The predicted octanol–water partition coefficient (Wildman–Crippen LogP) is -0.613. The summed E-state index contributed by atoms with van der Waals surface area (Å²) in [6, 6.07) is 0. The average Bonchev–Trinajstić information content (AvgIpc) is 2.11. The van der Waals surface area contributed by atoms with Gasteiger partial charge in [0, 0.05) is 28.4 Å². The largest absolute Gasteiger partial charge is 3.00 e. The number of hydrogen-bond donors (Lipinski definition) is 0. The summed E-state index contributed by atoms with van der Waals surface area (Å²) in [5, 5.41) is 0. The molecule has 0 spiro atoms. The first-order valence-corrected chi connectivity index (χ1v) is 5.31. The fraction of sp³-hybridized carbons (Fsp3) is 1.00. The van der Waals surface area contributed by atoms with E-state index < -0.39 is 18.3 Å². The Morgan fingerprint density at radius 2 is 1.00 bits per heavy atom. The third-order valence-corrected chi connectivity index (χ3v) is 3.00. The van der Waals surface area contributed by atoms with Crippen LogP contribution in [0.1, 0.15) is 0 Å². The molecule has 0 aliphatic heterocycles. The van der Waals surface area contributed by atoms with Gasteiger partial charge in [0.2, 0.25) is 0 Å². The van der Waals surface area contributed by atoms with E-state index >= 15 is 0 Å². The molecule has 6 nitrogen and oxygen atoms in total. The van der Waals surface area contributed by atoms with Gasteiger partial charge < -0.3 is 17.7 Å². The molecule has 0 rings (SSSR count). The monoisotopic (exact) mass is 268 g/mol. The first-order chi connectivity index (χ1) is 5.66. The predicted molar refractivity (Wildman–Crippen MR) is 40.9 cm³/mol. The molecule has 0 saturated heterocycles. The second-order valence-corrected chi connectivity index (χ2v) is 4.20. The van der Waals surface area contributed by atoms with Crippen molar-refractivity contribution in [2.45, 2.75) is 0 Å². The van der Waals surface area contributed by atoms with Gasteiger partial charge in [-0.2, -0.15) is 0 Å². The van der Waals surface area contributed by atoms with Crippen LogP contribution >= 0.6 is 0 Å². The van der Waals surface area contributed by atoms with Crippen LogP contribution in [-0.2, 0) is 43.7 Å². The molecule has 0 bridgehead atoms. The second-order valence-electron chi connectivity index (χ2n) is 1.40. The van der Waals surface area contributed by atoms with Crippen LogP contribution in [0.3, 0.4) is 0 Å². The van der Waals surface area contributed by atoms with Crippen molar-refractivity contribution in [2.75, 3.05) is 28.4 Å². The Morgan fingerprint density at radius 1 is 0.846 bits per heavy atom. The average molecular weight is 268 g/mol. The maximum Gasteiger partial charge on any atom is 3.00 e. The summed E-state index contributed by atoms with van der Waals surface area (Å²) < 4.78 is 36.2. The fourth-order valence-electron chi connectivity index (χ4n) is 0.500.